The molecule has 0 aliphatic carbocycles. The molecule has 0 atom stereocenters. The van der Waals surface area contributed by atoms with E-state index in [4.69, 9.17) is 11.6 Å². The Balaban J connectivity index is 1.94. The van der Waals surface area contributed by atoms with Gasteiger partial charge in [-0.15, -0.1) is 0 Å². The monoisotopic (exact) mass is 325 g/mol. The number of halogens is 4. The van der Waals surface area contributed by atoms with E-state index in [1.807, 2.05) is 18.2 Å². The zero-order valence-electron chi connectivity index (χ0n) is 11.5. The summed E-state index contributed by atoms with van der Waals surface area (Å²) in [5.41, 5.74) is 1.19. The van der Waals surface area contributed by atoms with Crippen molar-refractivity contribution in [2.45, 2.75) is 19.6 Å². The van der Waals surface area contributed by atoms with E-state index in [9.17, 15) is 13.2 Å². The predicted octanol–water partition coefficient (Wildman–Crippen LogP) is 4.46. The number of aryl methyl sites for hydroxylation is 1. The Morgan fingerprint density at radius 1 is 1.18 bits per heavy atom. The Labute approximate surface area is 129 Å². The third kappa shape index (κ3) is 2.92. The largest absolute Gasteiger partial charge is 0.435 e. The molecule has 0 spiro atoms. The van der Waals surface area contributed by atoms with E-state index in [1.165, 1.54) is 4.68 Å². The van der Waals surface area contributed by atoms with Crippen LogP contribution in [-0.2, 0) is 12.7 Å². The van der Waals surface area contributed by atoms with Gasteiger partial charge >= 0.3 is 6.18 Å². The summed E-state index contributed by atoms with van der Waals surface area (Å²) in [4.78, 5) is 4.18. The van der Waals surface area contributed by atoms with Crippen molar-refractivity contribution in [2.24, 2.45) is 0 Å². The summed E-state index contributed by atoms with van der Waals surface area (Å²) in [6, 6.07) is 8.29. The van der Waals surface area contributed by atoms with Gasteiger partial charge in [0, 0.05) is 17.3 Å². The predicted molar refractivity (Wildman–Crippen MR) is 77.8 cm³/mol. The third-order valence-electron chi connectivity index (χ3n) is 3.32. The van der Waals surface area contributed by atoms with Crippen LogP contribution in [0.1, 0.15) is 17.0 Å². The summed E-state index contributed by atoms with van der Waals surface area (Å²) in [5, 5.41) is 4.98. The minimum Gasteiger partial charge on any atom is -0.265 e. The van der Waals surface area contributed by atoms with Gasteiger partial charge in [-0.25, -0.2) is 0 Å². The number of benzene rings is 1. The Bertz CT molecular complexity index is 840. The molecule has 0 saturated heterocycles. The van der Waals surface area contributed by atoms with Crippen LogP contribution >= 0.6 is 11.6 Å². The van der Waals surface area contributed by atoms with Gasteiger partial charge in [0.2, 0.25) is 0 Å². The maximum absolute atomic E-state index is 12.7. The van der Waals surface area contributed by atoms with Crippen LogP contribution in [0.4, 0.5) is 13.2 Å². The molecule has 3 nitrogen and oxygen atoms in total. The molecule has 1 aromatic carbocycles. The molecule has 7 heteroatoms. The van der Waals surface area contributed by atoms with Crippen molar-refractivity contribution in [2.75, 3.05) is 0 Å². The first-order valence-electron chi connectivity index (χ1n) is 6.49. The second kappa shape index (κ2) is 5.28. The van der Waals surface area contributed by atoms with E-state index in [0.29, 0.717) is 10.7 Å². The zero-order chi connectivity index (χ0) is 15.9. The summed E-state index contributed by atoms with van der Waals surface area (Å²) >= 11 is 5.90. The maximum atomic E-state index is 12.7. The van der Waals surface area contributed by atoms with Gasteiger partial charge in [-0.05, 0) is 36.8 Å². The summed E-state index contributed by atoms with van der Waals surface area (Å²) in [7, 11) is 0. The van der Waals surface area contributed by atoms with E-state index in [-0.39, 0.29) is 6.54 Å². The third-order valence-corrected chi connectivity index (χ3v) is 3.52. The van der Waals surface area contributed by atoms with Crippen molar-refractivity contribution in [3.63, 3.8) is 0 Å². The van der Waals surface area contributed by atoms with Crippen LogP contribution < -0.4 is 0 Å². The van der Waals surface area contributed by atoms with Crippen LogP contribution in [0.25, 0.3) is 10.9 Å². The molecule has 0 bridgehead atoms. The lowest BCUT2D eigenvalue weighted by atomic mass is 10.1. The number of pyridine rings is 1. The van der Waals surface area contributed by atoms with Gasteiger partial charge in [-0.3, -0.25) is 9.67 Å². The summed E-state index contributed by atoms with van der Waals surface area (Å²) < 4.78 is 39.4. The molecule has 0 fully saturated rings. The lowest BCUT2D eigenvalue weighted by molar-refractivity contribution is -0.141. The van der Waals surface area contributed by atoms with Gasteiger partial charge in [-0.1, -0.05) is 17.7 Å². The smallest absolute Gasteiger partial charge is 0.265 e. The van der Waals surface area contributed by atoms with Crippen molar-refractivity contribution in [1.29, 1.82) is 0 Å². The Morgan fingerprint density at radius 3 is 2.64 bits per heavy atom. The fourth-order valence-electron chi connectivity index (χ4n) is 2.23. The van der Waals surface area contributed by atoms with Crippen molar-refractivity contribution < 1.29 is 13.2 Å². The topological polar surface area (TPSA) is 30.7 Å². The average Bonchev–Trinajstić information content (AvgIpc) is 2.80. The van der Waals surface area contributed by atoms with Crippen molar-refractivity contribution in [1.82, 2.24) is 14.8 Å². The molecule has 3 aromatic rings. The van der Waals surface area contributed by atoms with Crippen LogP contribution in [0.3, 0.4) is 0 Å². The molecular formula is C15H11ClF3N3. The first kappa shape index (κ1) is 14.8. The van der Waals surface area contributed by atoms with Crippen LogP contribution in [-0.4, -0.2) is 14.8 Å². The fraction of sp³-hybridized carbons (Fsp3) is 0.200. The number of nitrogens with zero attached hydrogens (tertiary/aromatic N) is 3. The number of fused-ring (bicyclic) bond motifs is 1. The molecule has 0 radical (unpaired) electrons. The number of hydrogen-bond donors (Lipinski definition) is 0. The van der Waals surface area contributed by atoms with E-state index in [0.717, 1.165) is 22.5 Å². The molecule has 0 aliphatic heterocycles. The number of rotatable bonds is 2. The van der Waals surface area contributed by atoms with Gasteiger partial charge in [0.25, 0.3) is 0 Å². The molecule has 22 heavy (non-hydrogen) atoms. The summed E-state index contributed by atoms with van der Waals surface area (Å²) in [5.74, 6) is 0. The minimum atomic E-state index is -4.43. The minimum absolute atomic E-state index is 0.254. The van der Waals surface area contributed by atoms with Gasteiger partial charge in [0.15, 0.2) is 5.69 Å². The number of alkyl halides is 3. The molecular weight excluding hydrogens is 315 g/mol. The molecule has 3 rings (SSSR count). The molecule has 0 unspecified atom stereocenters. The summed E-state index contributed by atoms with van der Waals surface area (Å²) in [6.45, 7) is 1.85. The summed E-state index contributed by atoms with van der Waals surface area (Å²) in [6.07, 6.45) is -2.88. The van der Waals surface area contributed by atoms with Gasteiger partial charge in [0.05, 0.1) is 17.1 Å². The first-order valence-corrected chi connectivity index (χ1v) is 6.86. The van der Waals surface area contributed by atoms with E-state index in [2.05, 4.69) is 10.1 Å². The molecule has 0 saturated carbocycles. The van der Waals surface area contributed by atoms with Crippen molar-refractivity contribution in [3.05, 3.63) is 58.5 Å². The highest BCUT2D eigenvalue weighted by Crippen LogP contribution is 2.28. The normalized spacial score (nSPS) is 12.0. The molecule has 0 amide bonds. The molecule has 2 heterocycles. The van der Waals surface area contributed by atoms with Crippen molar-refractivity contribution >= 4 is 22.5 Å². The Kier molecular flexibility index (Phi) is 3.56. The fourth-order valence-corrected chi connectivity index (χ4v) is 2.40. The Morgan fingerprint density at radius 2 is 1.95 bits per heavy atom. The van der Waals surface area contributed by atoms with E-state index in [1.54, 1.807) is 19.2 Å². The van der Waals surface area contributed by atoms with Crippen LogP contribution in [0.5, 0.6) is 0 Å². The average molecular weight is 326 g/mol. The van der Waals surface area contributed by atoms with Crippen molar-refractivity contribution in [3.8, 4) is 0 Å². The zero-order valence-corrected chi connectivity index (χ0v) is 12.3. The number of aromatic nitrogens is 3. The van der Waals surface area contributed by atoms with Crippen LogP contribution in [0.15, 0.2) is 36.5 Å². The van der Waals surface area contributed by atoms with Gasteiger partial charge in [-0.2, -0.15) is 18.3 Å². The standard InChI is InChI=1S/C15H11ClF3N3/c1-9-4-14(15(17,18)19)21-22(9)8-10-2-3-13-11(5-10)6-12(16)7-20-13/h2-7H,8H2,1H3. The SMILES string of the molecule is Cc1cc(C(F)(F)F)nn1Cc1ccc2ncc(Cl)cc2c1. The molecule has 0 aliphatic rings. The molecule has 2 aromatic heterocycles. The highest BCUT2D eigenvalue weighted by molar-refractivity contribution is 6.31. The second-order valence-electron chi connectivity index (χ2n) is 5.01. The van der Waals surface area contributed by atoms with E-state index < -0.39 is 11.9 Å². The number of hydrogen-bond acceptors (Lipinski definition) is 2. The van der Waals surface area contributed by atoms with Gasteiger partial charge in [0.1, 0.15) is 0 Å². The molecule has 114 valence electrons. The van der Waals surface area contributed by atoms with Gasteiger partial charge < -0.3 is 0 Å². The highest BCUT2D eigenvalue weighted by atomic mass is 35.5. The first-order chi connectivity index (χ1) is 10.3. The molecule has 0 N–H and O–H groups in total. The lowest BCUT2D eigenvalue weighted by Gasteiger charge is -2.06. The Hall–Kier alpha value is -2.08. The second-order valence-corrected chi connectivity index (χ2v) is 5.44. The highest BCUT2D eigenvalue weighted by Gasteiger charge is 2.34. The maximum Gasteiger partial charge on any atom is 0.435 e. The quantitative estimate of drug-likeness (QED) is 0.696. The van der Waals surface area contributed by atoms with E-state index >= 15 is 0 Å². The van der Waals surface area contributed by atoms with Crippen LogP contribution in [0.2, 0.25) is 5.02 Å². The van der Waals surface area contributed by atoms with Crippen LogP contribution in [0, 0.1) is 6.92 Å². The lowest BCUT2D eigenvalue weighted by Crippen LogP contribution is -2.09.